The highest BCUT2D eigenvalue weighted by Crippen LogP contribution is 2.27. The summed E-state index contributed by atoms with van der Waals surface area (Å²) in [6, 6.07) is 0. The van der Waals surface area contributed by atoms with Gasteiger partial charge < -0.3 is 4.52 Å². The molecule has 0 fully saturated rings. The van der Waals surface area contributed by atoms with Crippen molar-refractivity contribution in [3.63, 3.8) is 0 Å². The van der Waals surface area contributed by atoms with E-state index < -0.39 is 32.7 Å². The Morgan fingerprint density at radius 2 is 2.00 bits per heavy atom. The molecule has 0 bridgehead atoms. The summed E-state index contributed by atoms with van der Waals surface area (Å²) < 4.78 is 60.2. The van der Waals surface area contributed by atoms with E-state index >= 15 is 0 Å². The van der Waals surface area contributed by atoms with Gasteiger partial charge in [0.1, 0.15) is 5.75 Å². The van der Waals surface area contributed by atoms with Crippen LogP contribution in [0, 0.1) is 0 Å². The lowest BCUT2D eigenvalue weighted by Crippen LogP contribution is -2.05. The van der Waals surface area contributed by atoms with Gasteiger partial charge in [-0.25, -0.2) is 8.42 Å². The number of halogens is 4. The molecule has 10 heteroatoms. The van der Waals surface area contributed by atoms with E-state index in [2.05, 4.69) is 14.7 Å². The lowest BCUT2D eigenvalue weighted by molar-refractivity contribution is -0.159. The second-order valence-electron chi connectivity index (χ2n) is 2.20. The zero-order chi connectivity index (χ0) is 11.0. The zero-order valence-corrected chi connectivity index (χ0v) is 7.82. The molecule has 0 saturated heterocycles. The first-order chi connectivity index (χ1) is 6.18. The van der Waals surface area contributed by atoms with Gasteiger partial charge in [0.05, 0.1) is 0 Å². The van der Waals surface area contributed by atoms with Crippen molar-refractivity contribution in [3.8, 4) is 0 Å². The van der Waals surface area contributed by atoms with Gasteiger partial charge in [0.2, 0.25) is 9.05 Å². The van der Waals surface area contributed by atoms with Gasteiger partial charge in [-0.05, 0) is 0 Å². The fourth-order valence-corrected chi connectivity index (χ4v) is 1.30. The average Bonchev–Trinajstić information content (AvgIpc) is 2.29. The van der Waals surface area contributed by atoms with Gasteiger partial charge in [-0.15, -0.1) is 0 Å². The molecule has 1 aromatic rings. The highest BCUT2D eigenvalue weighted by molar-refractivity contribution is 8.13. The largest absolute Gasteiger partial charge is 0.471 e. The van der Waals surface area contributed by atoms with E-state index in [0.29, 0.717) is 0 Å². The van der Waals surface area contributed by atoms with Gasteiger partial charge in [0.15, 0.2) is 5.82 Å². The molecule has 0 amide bonds. The summed E-state index contributed by atoms with van der Waals surface area (Å²) in [5.41, 5.74) is 0. The van der Waals surface area contributed by atoms with E-state index in [4.69, 9.17) is 10.7 Å². The van der Waals surface area contributed by atoms with E-state index in [1.165, 1.54) is 0 Å². The van der Waals surface area contributed by atoms with Crippen molar-refractivity contribution < 1.29 is 26.1 Å². The van der Waals surface area contributed by atoms with E-state index in [1.54, 1.807) is 0 Å². The highest BCUT2D eigenvalue weighted by atomic mass is 35.7. The van der Waals surface area contributed by atoms with Gasteiger partial charge in [0, 0.05) is 10.7 Å². The lowest BCUT2D eigenvalue weighted by atomic mass is 10.6. The van der Waals surface area contributed by atoms with E-state index in [1.807, 2.05) is 0 Å². The molecule has 0 saturated carbocycles. The molecule has 0 spiro atoms. The second kappa shape index (κ2) is 3.39. The Balaban J connectivity index is 2.90. The molecular weight excluding hydrogens is 249 g/mol. The normalized spacial score (nSPS) is 13.1. The Morgan fingerprint density at radius 3 is 2.36 bits per heavy atom. The summed E-state index contributed by atoms with van der Waals surface area (Å²) in [4.78, 5) is 2.80. The minimum Gasteiger partial charge on any atom is -0.329 e. The third-order valence-corrected chi connectivity index (χ3v) is 1.94. The Kier molecular flexibility index (Phi) is 2.72. The molecule has 14 heavy (non-hydrogen) atoms. The van der Waals surface area contributed by atoms with Gasteiger partial charge in [-0.2, -0.15) is 18.2 Å². The second-order valence-corrected chi connectivity index (χ2v) is 4.97. The van der Waals surface area contributed by atoms with Crippen LogP contribution in [0.4, 0.5) is 13.2 Å². The molecule has 1 heterocycles. The van der Waals surface area contributed by atoms with Crippen LogP contribution in [0.1, 0.15) is 11.7 Å². The summed E-state index contributed by atoms with van der Waals surface area (Å²) in [5.74, 6) is -3.14. The quantitative estimate of drug-likeness (QED) is 0.737. The van der Waals surface area contributed by atoms with Gasteiger partial charge in [0.25, 0.3) is 0 Å². The first kappa shape index (κ1) is 11.2. The van der Waals surface area contributed by atoms with Crippen molar-refractivity contribution in [1.82, 2.24) is 10.1 Å². The van der Waals surface area contributed by atoms with Crippen LogP contribution >= 0.6 is 10.7 Å². The number of aromatic nitrogens is 2. The van der Waals surface area contributed by atoms with Gasteiger partial charge >= 0.3 is 12.1 Å². The molecule has 0 aromatic carbocycles. The fraction of sp³-hybridized carbons (Fsp3) is 0.500. The average molecular weight is 251 g/mol. The van der Waals surface area contributed by atoms with Crippen LogP contribution in [0.15, 0.2) is 4.52 Å². The molecule has 80 valence electrons. The van der Waals surface area contributed by atoms with Crippen molar-refractivity contribution in [2.45, 2.75) is 11.9 Å². The Labute approximate surface area is 80.3 Å². The minimum atomic E-state index is -4.79. The topological polar surface area (TPSA) is 73.1 Å². The number of hydrogen-bond acceptors (Lipinski definition) is 5. The van der Waals surface area contributed by atoms with Crippen LogP contribution in [-0.4, -0.2) is 18.6 Å². The smallest absolute Gasteiger partial charge is 0.329 e. The Hall–Kier alpha value is -0.830. The van der Waals surface area contributed by atoms with Crippen molar-refractivity contribution in [2.24, 2.45) is 0 Å². The predicted octanol–water partition coefficient (Wildman–Crippen LogP) is 1.16. The molecule has 0 unspecified atom stereocenters. The zero-order valence-electron chi connectivity index (χ0n) is 6.25. The first-order valence-electron chi connectivity index (χ1n) is 3.00. The SMILES string of the molecule is O=S(=O)(Cl)Cc1noc(C(F)(F)F)n1. The molecule has 1 aromatic heterocycles. The highest BCUT2D eigenvalue weighted by Gasteiger charge is 2.38. The van der Waals surface area contributed by atoms with Gasteiger partial charge in [-0.1, -0.05) is 5.16 Å². The third-order valence-electron chi connectivity index (χ3n) is 1.01. The van der Waals surface area contributed by atoms with Crippen molar-refractivity contribution in [2.75, 3.05) is 0 Å². The molecular formula is C4H2ClF3N2O3S. The summed E-state index contributed by atoms with van der Waals surface area (Å²) in [5, 5.41) is 2.80. The first-order valence-corrected chi connectivity index (χ1v) is 5.48. The summed E-state index contributed by atoms with van der Waals surface area (Å²) in [6.07, 6.45) is -4.79. The molecule has 0 atom stereocenters. The maximum Gasteiger partial charge on any atom is 0.471 e. The van der Waals surface area contributed by atoms with E-state index in [9.17, 15) is 21.6 Å². The van der Waals surface area contributed by atoms with Crippen LogP contribution in [0.2, 0.25) is 0 Å². The molecule has 0 aliphatic carbocycles. The molecule has 5 nitrogen and oxygen atoms in total. The predicted molar refractivity (Wildman–Crippen MR) is 37.8 cm³/mol. The van der Waals surface area contributed by atoms with Crippen LogP contribution in [-0.2, 0) is 21.0 Å². The summed E-state index contributed by atoms with van der Waals surface area (Å²) in [7, 11) is 0.771. The van der Waals surface area contributed by atoms with Gasteiger partial charge in [-0.3, -0.25) is 0 Å². The molecule has 0 radical (unpaired) electrons. The molecule has 1 rings (SSSR count). The number of nitrogens with zero attached hydrogens (tertiary/aromatic N) is 2. The number of rotatable bonds is 2. The molecule has 0 N–H and O–H groups in total. The maximum absolute atomic E-state index is 11.9. The van der Waals surface area contributed by atoms with Crippen LogP contribution in [0.25, 0.3) is 0 Å². The third kappa shape index (κ3) is 3.14. The lowest BCUT2D eigenvalue weighted by Gasteiger charge is -1.95. The summed E-state index contributed by atoms with van der Waals surface area (Å²) >= 11 is 0. The van der Waals surface area contributed by atoms with Crippen LogP contribution in [0.3, 0.4) is 0 Å². The number of alkyl halides is 3. The van der Waals surface area contributed by atoms with E-state index in [-0.39, 0.29) is 0 Å². The summed E-state index contributed by atoms with van der Waals surface area (Å²) in [6.45, 7) is 0. The van der Waals surface area contributed by atoms with Crippen LogP contribution in [0.5, 0.6) is 0 Å². The Bertz CT molecular complexity index is 425. The fourth-order valence-electron chi connectivity index (χ4n) is 0.582. The maximum atomic E-state index is 11.9. The molecule has 0 aliphatic heterocycles. The van der Waals surface area contributed by atoms with Crippen molar-refractivity contribution in [1.29, 1.82) is 0 Å². The standard InChI is InChI=1S/C4H2ClF3N2O3S/c5-14(11,12)1-2-9-3(13-10-2)4(6,7)8/h1H2. The van der Waals surface area contributed by atoms with Crippen LogP contribution < -0.4 is 0 Å². The van der Waals surface area contributed by atoms with Crippen molar-refractivity contribution in [3.05, 3.63) is 11.7 Å². The number of hydrogen-bond donors (Lipinski definition) is 0. The van der Waals surface area contributed by atoms with E-state index in [0.717, 1.165) is 0 Å². The minimum absolute atomic E-state index is 0.632. The molecule has 0 aliphatic rings. The monoisotopic (exact) mass is 250 g/mol. The Morgan fingerprint density at radius 1 is 1.43 bits per heavy atom. The van der Waals surface area contributed by atoms with Crippen molar-refractivity contribution >= 4 is 19.7 Å².